The summed E-state index contributed by atoms with van der Waals surface area (Å²) in [4.78, 5) is 18.0. The molecule has 1 unspecified atom stereocenters. The number of aromatic nitrogens is 1. The standard InChI is InChI=1S/C21H23N3O4S/c25-21-9-6-16-13-18(7-8-20(16)28-21)29(26,27)23-15-19(17-5-4-10-22-14-17)24-11-2-1-3-12-24/h4-10,13-14,19,23H,1-3,11-12,15H2. The number of hydrogen-bond donors (Lipinski definition) is 1. The first-order chi connectivity index (χ1) is 14.0. The third-order valence-electron chi connectivity index (χ3n) is 5.27. The van der Waals surface area contributed by atoms with Crippen LogP contribution in [0, 0.1) is 0 Å². The minimum atomic E-state index is -3.72. The van der Waals surface area contributed by atoms with Gasteiger partial charge in [0, 0.05) is 36.4 Å². The number of nitrogens with one attached hydrogen (secondary N) is 1. The lowest BCUT2D eigenvalue weighted by Crippen LogP contribution is -2.40. The fourth-order valence-corrected chi connectivity index (χ4v) is 4.82. The highest BCUT2D eigenvalue weighted by atomic mass is 32.2. The molecule has 29 heavy (non-hydrogen) atoms. The van der Waals surface area contributed by atoms with Crippen molar-refractivity contribution >= 4 is 21.0 Å². The van der Waals surface area contributed by atoms with E-state index in [0.29, 0.717) is 11.0 Å². The van der Waals surface area contributed by atoms with Crippen LogP contribution in [0.2, 0.25) is 0 Å². The first-order valence-corrected chi connectivity index (χ1v) is 11.2. The van der Waals surface area contributed by atoms with Gasteiger partial charge in [-0.1, -0.05) is 12.5 Å². The summed E-state index contributed by atoms with van der Waals surface area (Å²) < 4.78 is 33.7. The number of pyridine rings is 1. The van der Waals surface area contributed by atoms with Crippen LogP contribution in [0.4, 0.5) is 0 Å². The maximum absolute atomic E-state index is 12.9. The van der Waals surface area contributed by atoms with Crippen LogP contribution in [0.25, 0.3) is 11.0 Å². The van der Waals surface area contributed by atoms with Gasteiger partial charge in [-0.15, -0.1) is 0 Å². The van der Waals surface area contributed by atoms with Gasteiger partial charge in [0.05, 0.1) is 4.90 Å². The molecule has 152 valence electrons. The average molecular weight is 413 g/mol. The number of likely N-dealkylation sites (tertiary alicyclic amines) is 1. The van der Waals surface area contributed by atoms with E-state index in [-0.39, 0.29) is 17.5 Å². The van der Waals surface area contributed by atoms with E-state index in [1.807, 2.05) is 12.1 Å². The fourth-order valence-electron chi connectivity index (χ4n) is 3.75. The highest BCUT2D eigenvalue weighted by molar-refractivity contribution is 7.89. The van der Waals surface area contributed by atoms with Crippen LogP contribution < -0.4 is 10.3 Å². The second-order valence-corrected chi connectivity index (χ2v) is 8.97. The quantitative estimate of drug-likeness (QED) is 0.625. The molecule has 0 spiro atoms. The van der Waals surface area contributed by atoms with Gasteiger partial charge in [-0.05, 0) is 61.8 Å². The molecule has 3 heterocycles. The number of rotatable bonds is 6. The van der Waals surface area contributed by atoms with E-state index in [1.165, 1.54) is 30.7 Å². The Morgan fingerprint density at radius 3 is 2.69 bits per heavy atom. The predicted molar refractivity (Wildman–Crippen MR) is 110 cm³/mol. The van der Waals surface area contributed by atoms with Crippen LogP contribution in [-0.2, 0) is 10.0 Å². The van der Waals surface area contributed by atoms with Crippen molar-refractivity contribution in [1.29, 1.82) is 0 Å². The van der Waals surface area contributed by atoms with E-state index in [0.717, 1.165) is 31.5 Å². The van der Waals surface area contributed by atoms with Gasteiger partial charge in [-0.3, -0.25) is 9.88 Å². The Balaban J connectivity index is 1.57. The van der Waals surface area contributed by atoms with Gasteiger partial charge in [-0.2, -0.15) is 0 Å². The van der Waals surface area contributed by atoms with E-state index < -0.39 is 15.6 Å². The Morgan fingerprint density at radius 1 is 1.10 bits per heavy atom. The summed E-state index contributed by atoms with van der Waals surface area (Å²) in [5.41, 5.74) is 0.891. The van der Waals surface area contributed by atoms with Crippen molar-refractivity contribution in [3.63, 3.8) is 0 Å². The van der Waals surface area contributed by atoms with Gasteiger partial charge < -0.3 is 4.42 Å². The summed E-state index contributed by atoms with van der Waals surface area (Å²) in [5.74, 6) is 0. The van der Waals surface area contributed by atoms with Crippen LogP contribution in [0.3, 0.4) is 0 Å². The van der Waals surface area contributed by atoms with E-state index >= 15 is 0 Å². The summed E-state index contributed by atoms with van der Waals surface area (Å²) in [6.45, 7) is 2.14. The number of benzene rings is 1. The van der Waals surface area contributed by atoms with E-state index in [9.17, 15) is 13.2 Å². The second kappa shape index (κ2) is 8.44. The number of piperidine rings is 1. The highest BCUT2D eigenvalue weighted by Crippen LogP contribution is 2.24. The van der Waals surface area contributed by atoms with E-state index in [1.54, 1.807) is 18.5 Å². The van der Waals surface area contributed by atoms with Crippen molar-refractivity contribution in [2.45, 2.75) is 30.2 Å². The molecule has 1 N–H and O–H groups in total. The molecule has 2 aromatic heterocycles. The van der Waals surface area contributed by atoms with E-state index in [2.05, 4.69) is 14.6 Å². The van der Waals surface area contributed by atoms with Gasteiger partial charge in [-0.25, -0.2) is 17.9 Å². The van der Waals surface area contributed by atoms with Crippen molar-refractivity contribution in [3.05, 3.63) is 70.8 Å². The number of nitrogens with zero attached hydrogens (tertiary/aromatic N) is 2. The summed E-state index contributed by atoms with van der Waals surface area (Å²) in [6, 6.07) is 11.1. The molecule has 8 heteroatoms. The molecular formula is C21H23N3O4S. The van der Waals surface area contributed by atoms with Crippen LogP contribution in [0.1, 0.15) is 30.9 Å². The lowest BCUT2D eigenvalue weighted by atomic mass is 10.0. The smallest absolute Gasteiger partial charge is 0.336 e. The minimum absolute atomic E-state index is 0.0720. The molecule has 1 atom stereocenters. The van der Waals surface area contributed by atoms with Crippen LogP contribution in [0.5, 0.6) is 0 Å². The summed E-state index contributed by atoms with van der Waals surface area (Å²) in [7, 11) is -3.72. The summed E-state index contributed by atoms with van der Waals surface area (Å²) in [5, 5.41) is 0.562. The third kappa shape index (κ3) is 4.55. The second-order valence-electron chi connectivity index (χ2n) is 7.20. The van der Waals surface area contributed by atoms with Crippen LogP contribution in [0.15, 0.2) is 69.0 Å². The number of hydrogen-bond acceptors (Lipinski definition) is 6. The Kier molecular flexibility index (Phi) is 5.75. The average Bonchev–Trinajstić information content (AvgIpc) is 2.75. The molecule has 0 bridgehead atoms. The fraction of sp³-hybridized carbons (Fsp3) is 0.333. The zero-order valence-electron chi connectivity index (χ0n) is 16.0. The van der Waals surface area contributed by atoms with Crippen molar-refractivity contribution < 1.29 is 12.8 Å². The molecule has 1 saturated heterocycles. The van der Waals surface area contributed by atoms with Crippen molar-refractivity contribution in [1.82, 2.24) is 14.6 Å². The van der Waals surface area contributed by atoms with Gasteiger partial charge in [0.2, 0.25) is 10.0 Å². The molecule has 1 aliphatic heterocycles. The van der Waals surface area contributed by atoms with Crippen LogP contribution >= 0.6 is 0 Å². The monoisotopic (exact) mass is 413 g/mol. The van der Waals surface area contributed by atoms with Gasteiger partial charge >= 0.3 is 5.63 Å². The maximum Gasteiger partial charge on any atom is 0.336 e. The topological polar surface area (TPSA) is 92.5 Å². The van der Waals surface area contributed by atoms with E-state index in [4.69, 9.17) is 4.42 Å². The molecule has 4 rings (SSSR count). The van der Waals surface area contributed by atoms with Crippen molar-refractivity contribution in [2.24, 2.45) is 0 Å². The SMILES string of the molecule is O=c1ccc2cc(S(=O)(=O)NCC(c3cccnc3)N3CCCCC3)ccc2o1. The maximum atomic E-state index is 12.9. The molecule has 3 aromatic rings. The highest BCUT2D eigenvalue weighted by Gasteiger charge is 2.25. The molecular weight excluding hydrogens is 390 g/mol. The van der Waals surface area contributed by atoms with Gasteiger partial charge in [0.15, 0.2) is 0 Å². The Morgan fingerprint density at radius 2 is 1.93 bits per heavy atom. The number of sulfonamides is 1. The van der Waals surface area contributed by atoms with Crippen LogP contribution in [-0.4, -0.2) is 37.9 Å². The minimum Gasteiger partial charge on any atom is -0.423 e. The van der Waals surface area contributed by atoms with Crippen molar-refractivity contribution in [2.75, 3.05) is 19.6 Å². The largest absolute Gasteiger partial charge is 0.423 e. The molecule has 1 aromatic carbocycles. The summed E-state index contributed by atoms with van der Waals surface area (Å²) in [6.07, 6.45) is 6.94. The molecule has 0 radical (unpaired) electrons. The molecule has 0 amide bonds. The molecule has 0 aliphatic carbocycles. The zero-order chi connectivity index (χ0) is 20.3. The van der Waals surface area contributed by atoms with Gasteiger partial charge in [0.1, 0.15) is 5.58 Å². The Hall–Kier alpha value is -2.55. The zero-order valence-corrected chi connectivity index (χ0v) is 16.8. The molecule has 7 nitrogen and oxygen atoms in total. The van der Waals surface area contributed by atoms with Gasteiger partial charge in [0.25, 0.3) is 0 Å². The molecule has 0 saturated carbocycles. The Labute approximate surface area is 169 Å². The predicted octanol–water partition coefficient (Wildman–Crippen LogP) is 2.69. The Bertz CT molecular complexity index is 1140. The third-order valence-corrected chi connectivity index (χ3v) is 6.69. The molecule has 1 aliphatic rings. The lowest BCUT2D eigenvalue weighted by molar-refractivity contribution is 0.164. The van der Waals surface area contributed by atoms with Crippen molar-refractivity contribution in [3.8, 4) is 0 Å². The lowest BCUT2D eigenvalue weighted by Gasteiger charge is -2.34. The normalized spacial score (nSPS) is 16.7. The molecule has 1 fully saturated rings. The summed E-state index contributed by atoms with van der Waals surface area (Å²) >= 11 is 0. The number of fused-ring (bicyclic) bond motifs is 1. The first-order valence-electron chi connectivity index (χ1n) is 9.70. The first kappa shape index (κ1) is 19.8.